The monoisotopic (exact) mass is 382 g/mol. The van der Waals surface area contributed by atoms with Crippen LogP contribution in [0, 0.1) is 0 Å². The number of rotatable bonds is 5. The van der Waals surface area contributed by atoms with E-state index in [1.807, 2.05) is 12.1 Å². The highest BCUT2D eigenvalue weighted by molar-refractivity contribution is 6.42. The number of halogens is 2. The maximum absolute atomic E-state index is 12.1. The van der Waals surface area contributed by atoms with Crippen molar-refractivity contribution in [1.29, 1.82) is 0 Å². The zero-order valence-corrected chi connectivity index (χ0v) is 16.5. The number of piperidine rings is 2. The van der Waals surface area contributed by atoms with Crippen LogP contribution in [0.4, 0.5) is 0 Å². The molecule has 2 aliphatic heterocycles. The molecule has 0 aromatic heterocycles. The van der Waals surface area contributed by atoms with Gasteiger partial charge in [-0.1, -0.05) is 36.2 Å². The molecule has 138 valence electrons. The standard InChI is InChI=1S/C20H28Cl2N2O/c1-15(16-5-6-18(21)19(22)14-16)7-11-23-12-8-17(9-13-23)24-10-3-2-4-20(24)25/h5-6,14-15,17H,2-4,7-13H2,1H3. The van der Waals surface area contributed by atoms with E-state index < -0.39 is 0 Å². The molecule has 0 saturated carbocycles. The Labute approximate surface area is 161 Å². The van der Waals surface area contributed by atoms with E-state index in [4.69, 9.17) is 23.2 Å². The van der Waals surface area contributed by atoms with Gasteiger partial charge in [-0.2, -0.15) is 0 Å². The molecule has 0 bridgehead atoms. The summed E-state index contributed by atoms with van der Waals surface area (Å²) in [6.45, 7) is 6.52. The molecule has 2 saturated heterocycles. The molecule has 1 atom stereocenters. The number of amides is 1. The van der Waals surface area contributed by atoms with Crippen molar-refractivity contribution in [2.45, 2.75) is 57.4 Å². The second-order valence-corrected chi connectivity index (χ2v) is 8.29. The van der Waals surface area contributed by atoms with Gasteiger partial charge in [-0.15, -0.1) is 0 Å². The van der Waals surface area contributed by atoms with Crippen molar-refractivity contribution in [2.75, 3.05) is 26.2 Å². The molecule has 2 aliphatic rings. The maximum Gasteiger partial charge on any atom is 0.222 e. The van der Waals surface area contributed by atoms with Crippen molar-refractivity contribution >= 4 is 29.1 Å². The second-order valence-electron chi connectivity index (χ2n) is 7.48. The molecule has 0 radical (unpaired) electrons. The van der Waals surface area contributed by atoms with E-state index in [1.54, 1.807) is 0 Å². The Balaban J connectivity index is 1.44. The number of nitrogens with zero attached hydrogens (tertiary/aromatic N) is 2. The summed E-state index contributed by atoms with van der Waals surface area (Å²) in [6, 6.07) is 6.42. The first-order valence-corrected chi connectivity index (χ1v) is 10.3. The molecule has 3 nitrogen and oxygen atoms in total. The van der Waals surface area contributed by atoms with Gasteiger partial charge < -0.3 is 9.80 Å². The Morgan fingerprint density at radius 1 is 1.12 bits per heavy atom. The average Bonchev–Trinajstić information content (AvgIpc) is 2.63. The first-order valence-electron chi connectivity index (χ1n) is 9.51. The Hall–Kier alpha value is -0.770. The maximum atomic E-state index is 12.1. The fourth-order valence-electron chi connectivity index (χ4n) is 4.03. The third-order valence-corrected chi connectivity index (χ3v) is 6.49. The molecular formula is C20H28Cl2N2O. The highest BCUT2D eigenvalue weighted by Crippen LogP contribution is 2.28. The number of hydrogen-bond acceptors (Lipinski definition) is 2. The smallest absolute Gasteiger partial charge is 0.222 e. The van der Waals surface area contributed by atoms with Crippen LogP contribution in [0.1, 0.15) is 56.9 Å². The molecule has 5 heteroatoms. The van der Waals surface area contributed by atoms with Gasteiger partial charge in [0.2, 0.25) is 5.91 Å². The summed E-state index contributed by atoms with van der Waals surface area (Å²) in [5.74, 6) is 0.842. The van der Waals surface area contributed by atoms with Crippen molar-refractivity contribution in [2.24, 2.45) is 0 Å². The average molecular weight is 383 g/mol. The summed E-state index contributed by atoms with van der Waals surface area (Å²) < 4.78 is 0. The minimum Gasteiger partial charge on any atom is -0.340 e. The van der Waals surface area contributed by atoms with E-state index in [0.29, 0.717) is 27.9 Å². The fourth-order valence-corrected chi connectivity index (χ4v) is 4.34. The van der Waals surface area contributed by atoms with Crippen LogP contribution < -0.4 is 0 Å². The van der Waals surface area contributed by atoms with Crippen LogP contribution in [0.25, 0.3) is 0 Å². The number of benzene rings is 1. The van der Waals surface area contributed by atoms with Gasteiger partial charge in [-0.05, 0) is 62.3 Å². The molecule has 0 spiro atoms. The van der Waals surface area contributed by atoms with Gasteiger partial charge in [0.25, 0.3) is 0 Å². The summed E-state index contributed by atoms with van der Waals surface area (Å²) in [5.41, 5.74) is 1.25. The van der Waals surface area contributed by atoms with Crippen molar-refractivity contribution in [3.63, 3.8) is 0 Å². The SMILES string of the molecule is CC(CCN1CCC(N2CCCCC2=O)CC1)c1ccc(Cl)c(Cl)c1. The van der Waals surface area contributed by atoms with Crippen LogP contribution >= 0.6 is 23.2 Å². The number of hydrogen-bond donors (Lipinski definition) is 0. The number of carbonyl (C=O) groups is 1. The van der Waals surface area contributed by atoms with Crippen molar-refractivity contribution in [1.82, 2.24) is 9.80 Å². The van der Waals surface area contributed by atoms with E-state index >= 15 is 0 Å². The summed E-state index contributed by atoms with van der Waals surface area (Å²) in [7, 11) is 0. The molecule has 0 N–H and O–H groups in total. The van der Waals surface area contributed by atoms with Crippen LogP contribution in [-0.4, -0.2) is 47.9 Å². The lowest BCUT2D eigenvalue weighted by molar-refractivity contribution is -0.136. The normalized spacial score (nSPS) is 21.6. The highest BCUT2D eigenvalue weighted by atomic mass is 35.5. The molecule has 3 rings (SSSR count). The molecule has 0 aliphatic carbocycles. The zero-order valence-electron chi connectivity index (χ0n) is 15.0. The summed E-state index contributed by atoms with van der Waals surface area (Å²) in [4.78, 5) is 16.8. The molecule has 1 aromatic carbocycles. The van der Waals surface area contributed by atoms with Crippen molar-refractivity contribution < 1.29 is 4.79 Å². The molecule has 2 heterocycles. The lowest BCUT2D eigenvalue weighted by Crippen LogP contribution is -2.49. The lowest BCUT2D eigenvalue weighted by Gasteiger charge is -2.40. The van der Waals surface area contributed by atoms with Crippen LogP contribution in [0.15, 0.2) is 18.2 Å². The minimum atomic E-state index is 0.373. The first kappa shape index (κ1) is 19.0. The summed E-state index contributed by atoms with van der Waals surface area (Å²) in [6.07, 6.45) is 6.35. The fraction of sp³-hybridized carbons (Fsp3) is 0.650. The Morgan fingerprint density at radius 2 is 1.88 bits per heavy atom. The zero-order chi connectivity index (χ0) is 17.8. The van der Waals surface area contributed by atoms with Crippen molar-refractivity contribution in [3.8, 4) is 0 Å². The van der Waals surface area contributed by atoms with Gasteiger partial charge in [0.15, 0.2) is 0 Å². The third-order valence-electron chi connectivity index (χ3n) is 5.75. The van der Waals surface area contributed by atoms with E-state index in [2.05, 4.69) is 22.8 Å². The molecular weight excluding hydrogens is 355 g/mol. The molecule has 2 fully saturated rings. The Morgan fingerprint density at radius 3 is 2.56 bits per heavy atom. The molecule has 1 amide bonds. The predicted molar refractivity (Wildman–Crippen MR) is 105 cm³/mol. The van der Waals surface area contributed by atoms with E-state index in [0.717, 1.165) is 58.3 Å². The summed E-state index contributed by atoms with van der Waals surface area (Å²) >= 11 is 12.1. The van der Waals surface area contributed by atoms with Gasteiger partial charge in [0, 0.05) is 32.1 Å². The minimum absolute atomic E-state index is 0.373. The van der Waals surface area contributed by atoms with E-state index in [9.17, 15) is 4.79 Å². The lowest BCUT2D eigenvalue weighted by atomic mass is 9.96. The Bertz CT molecular complexity index is 599. The van der Waals surface area contributed by atoms with Gasteiger partial charge >= 0.3 is 0 Å². The largest absolute Gasteiger partial charge is 0.340 e. The molecule has 1 aromatic rings. The van der Waals surface area contributed by atoms with Crippen LogP contribution in [0.2, 0.25) is 10.0 Å². The van der Waals surface area contributed by atoms with Crippen molar-refractivity contribution in [3.05, 3.63) is 33.8 Å². The quantitative estimate of drug-likeness (QED) is 0.717. The number of carbonyl (C=O) groups excluding carboxylic acids is 1. The highest BCUT2D eigenvalue weighted by Gasteiger charge is 2.29. The van der Waals surface area contributed by atoms with Crippen LogP contribution in [0.3, 0.4) is 0 Å². The topological polar surface area (TPSA) is 23.6 Å². The van der Waals surface area contributed by atoms with Crippen LogP contribution in [-0.2, 0) is 4.79 Å². The third kappa shape index (κ3) is 4.90. The molecule has 1 unspecified atom stereocenters. The summed E-state index contributed by atoms with van der Waals surface area (Å²) in [5, 5.41) is 1.25. The van der Waals surface area contributed by atoms with Gasteiger partial charge in [-0.25, -0.2) is 0 Å². The predicted octanol–water partition coefficient (Wildman–Crippen LogP) is 4.96. The van der Waals surface area contributed by atoms with Gasteiger partial charge in [0.05, 0.1) is 10.0 Å². The number of likely N-dealkylation sites (tertiary alicyclic amines) is 2. The van der Waals surface area contributed by atoms with E-state index in [-0.39, 0.29) is 0 Å². The first-order chi connectivity index (χ1) is 12.0. The van der Waals surface area contributed by atoms with Crippen LogP contribution in [0.5, 0.6) is 0 Å². The second kappa shape index (κ2) is 8.75. The molecule has 25 heavy (non-hydrogen) atoms. The van der Waals surface area contributed by atoms with Gasteiger partial charge in [0.1, 0.15) is 0 Å². The van der Waals surface area contributed by atoms with Gasteiger partial charge in [-0.3, -0.25) is 4.79 Å². The van der Waals surface area contributed by atoms with E-state index in [1.165, 1.54) is 12.0 Å². The Kier molecular flexibility index (Phi) is 6.65.